The molecule has 1 aliphatic rings. The highest BCUT2D eigenvalue weighted by atomic mass is 16.2. The molecule has 0 saturated heterocycles. The van der Waals surface area contributed by atoms with Crippen molar-refractivity contribution < 1.29 is 4.79 Å². The molecule has 6 heteroatoms. The van der Waals surface area contributed by atoms with E-state index in [2.05, 4.69) is 37.9 Å². The largest absolute Gasteiger partial charge is 0.355 e. The van der Waals surface area contributed by atoms with Crippen LogP contribution >= 0.6 is 0 Å². The van der Waals surface area contributed by atoms with Gasteiger partial charge in [-0.1, -0.05) is 24.3 Å². The first kappa shape index (κ1) is 13.8. The van der Waals surface area contributed by atoms with Crippen molar-refractivity contribution in [2.24, 2.45) is 0 Å². The molecule has 1 aromatic carbocycles. The maximum atomic E-state index is 12.2. The minimum atomic E-state index is -0.134. The van der Waals surface area contributed by atoms with Gasteiger partial charge in [-0.15, -0.1) is 0 Å². The van der Waals surface area contributed by atoms with Crippen LogP contribution < -0.4 is 10.6 Å². The van der Waals surface area contributed by atoms with Crippen LogP contribution in [0.15, 0.2) is 30.6 Å². The number of amides is 1. The molecular weight excluding hydrogens is 266 g/mol. The fourth-order valence-corrected chi connectivity index (χ4v) is 2.58. The van der Waals surface area contributed by atoms with Crippen LogP contribution in [-0.4, -0.2) is 33.7 Å². The molecule has 2 heterocycles. The smallest absolute Gasteiger partial charge is 0.237 e. The SMILES string of the molecule is O=C(NCCCc1ncn[nH]1)[C@H]1Cc2ccccc2CN1. The number of carbonyl (C=O) groups is 1. The van der Waals surface area contributed by atoms with Gasteiger partial charge in [-0.05, 0) is 24.0 Å². The molecule has 3 N–H and O–H groups in total. The monoisotopic (exact) mass is 285 g/mol. The second kappa shape index (κ2) is 6.49. The second-order valence-corrected chi connectivity index (χ2v) is 5.23. The van der Waals surface area contributed by atoms with Gasteiger partial charge in [0.2, 0.25) is 5.91 Å². The number of fused-ring (bicyclic) bond motifs is 1. The minimum Gasteiger partial charge on any atom is -0.355 e. The number of hydrogen-bond donors (Lipinski definition) is 3. The van der Waals surface area contributed by atoms with Gasteiger partial charge in [-0.25, -0.2) is 4.98 Å². The van der Waals surface area contributed by atoms with Crippen molar-refractivity contribution in [3.8, 4) is 0 Å². The topological polar surface area (TPSA) is 82.7 Å². The molecule has 0 bridgehead atoms. The van der Waals surface area contributed by atoms with Crippen molar-refractivity contribution >= 4 is 5.91 Å². The Morgan fingerprint density at radius 2 is 2.19 bits per heavy atom. The third-order valence-corrected chi connectivity index (χ3v) is 3.75. The van der Waals surface area contributed by atoms with E-state index in [4.69, 9.17) is 0 Å². The number of aromatic amines is 1. The highest BCUT2D eigenvalue weighted by molar-refractivity contribution is 5.82. The summed E-state index contributed by atoms with van der Waals surface area (Å²) in [6.07, 6.45) is 3.90. The summed E-state index contributed by atoms with van der Waals surface area (Å²) in [6.45, 7) is 1.41. The number of nitrogens with one attached hydrogen (secondary N) is 3. The fraction of sp³-hybridized carbons (Fsp3) is 0.400. The number of aryl methyl sites for hydroxylation is 1. The number of nitrogens with zero attached hydrogens (tertiary/aromatic N) is 2. The average molecular weight is 285 g/mol. The molecule has 6 nitrogen and oxygen atoms in total. The summed E-state index contributed by atoms with van der Waals surface area (Å²) in [5, 5.41) is 12.9. The molecule has 0 radical (unpaired) electrons. The van der Waals surface area contributed by atoms with E-state index >= 15 is 0 Å². The summed E-state index contributed by atoms with van der Waals surface area (Å²) in [5.41, 5.74) is 2.55. The highest BCUT2D eigenvalue weighted by Crippen LogP contribution is 2.16. The molecule has 3 rings (SSSR count). The number of benzene rings is 1. The van der Waals surface area contributed by atoms with E-state index in [1.54, 1.807) is 0 Å². The molecule has 0 fully saturated rings. The first-order valence-electron chi connectivity index (χ1n) is 7.25. The molecule has 2 aromatic rings. The van der Waals surface area contributed by atoms with E-state index in [0.717, 1.165) is 31.6 Å². The maximum Gasteiger partial charge on any atom is 0.237 e. The fourth-order valence-electron chi connectivity index (χ4n) is 2.58. The van der Waals surface area contributed by atoms with Crippen molar-refractivity contribution in [2.75, 3.05) is 6.54 Å². The Bertz CT molecular complexity index is 596. The predicted octanol–water partition coefficient (Wildman–Crippen LogP) is 0.568. The highest BCUT2D eigenvalue weighted by Gasteiger charge is 2.23. The van der Waals surface area contributed by atoms with E-state index in [1.165, 1.54) is 17.5 Å². The van der Waals surface area contributed by atoms with Gasteiger partial charge in [0.15, 0.2) is 0 Å². The van der Waals surface area contributed by atoms with Gasteiger partial charge in [0.1, 0.15) is 12.2 Å². The third kappa shape index (κ3) is 3.46. The standard InChI is InChI=1S/C15H19N5O/c21-15(16-7-3-6-14-18-10-19-20-14)13-8-11-4-1-2-5-12(11)9-17-13/h1-2,4-5,10,13,17H,3,6-9H2,(H,16,21)(H,18,19,20)/t13-/m1/s1. The summed E-state index contributed by atoms with van der Waals surface area (Å²) in [4.78, 5) is 16.2. The lowest BCUT2D eigenvalue weighted by Gasteiger charge is -2.25. The Morgan fingerprint density at radius 3 is 3.00 bits per heavy atom. The summed E-state index contributed by atoms with van der Waals surface area (Å²) in [7, 11) is 0. The molecule has 1 aromatic heterocycles. The quantitative estimate of drug-likeness (QED) is 0.701. The normalized spacial score (nSPS) is 17.2. The van der Waals surface area contributed by atoms with E-state index in [0.29, 0.717) is 6.54 Å². The van der Waals surface area contributed by atoms with Crippen LogP contribution in [0.3, 0.4) is 0 Å². The number of H-pyrrole nitrogens is 1. The Labute approximate surface area is 123 Å². The summed E-state index contributed by atoms with van der Waals surface area (Å²) >= 11 is 0. The first-order chi connectivity index (χ1) is 10.3. The summed E-state index contributed by atoms with van der Waals surface area (Å²) in [5.74, 6) is 0.927. The van der Waals surface area contributed by atoms with Gasteiger partial charge in [-0.2, -0.15) is 5.10 Å². The van der Waals surface area contributed by atoms with Gasteiger partial charge < -0.3 is 10.6 Å². The van der Waals surface area contributed by atoms with Crippen molar-refractivity contribution in [1.82, 2.24) is 25.8 Å². The van der Waals surface area contributed by atoms with Crippen LogP contribution in [0, 0.1) is 0 Å². The number of rotatable bonds is 5. The maximum absolute atomic E-state index is 12.2. The molecule has 110 valence electrons. The van der Waals surface area contributed by atoms with Gasteiger partial charge >= 0.3 is 0 Å². The first-order valence-corrected chi connectivity index (χ1v) is 7.25. The average Bonchev–Trinajstić information content (AvgIpc) is 3.04. The second-order valence-electron chi connectivity index (χ2n) is 5.23. The van der Waals surface area contributed by atoms with Gasteiger partial charge in [0, 0.05) is 19.5 Å². The van der Waals surface area contributed by atoms with Crippen LogP contribution in [0.5, 0.6) is 0 Å². The van der Waals surface area contributed by atoms with Crippen LogP contribution in [-0.2, 0) is 24.2 Å². The zero-order valence-corrected chi connectivity index (χ0v) is 11.8. The molecule has 0 aliphatic carbocycles. The number of carbonyl (C=O) groups excluding carboxylic acids is 1. The van der Waals surface area contributed by atoms with E-state index in [1.807, 2.05) is 12.1 Å². The Hall–Kier alpha value is -2.21. The van der Waals surface area contributed by atoms with Crippen LogP contribution in [0.1, 0.15) is 23.4 Å². The Morgan fingerprint density at radius 1 is 1.33 bits per heavy atom. The summed E-state index contributed by atoms with van der Waals surface area (Å²) in [6, 6.07) is 8.12. The molecule has 0 unspecified atom stereocenters. The Kier molecular flexibility index (Phi) is 4.25. The molecule has 21 heavy (non-hydrogen) atoms. The lowest BCUT2D eigenvalue weighted by Crippen LogP contribution is -2.47. The molecule has 1 amide bonds. The van der Waals surface area contributed by atoms with Crippen molar-refractivity contribution in [3.63, 3.8) is 0 Å². The van der Waals surface area contributed by atoms with E-state index in [-0.39, 0.29) is 11.9 Å². The van der Waals surface area contributed by atoms with Gasteiger partial charge in [-0.3, -0.25) is 9.89 Å². The van der Waals surface area contributed by atoms with E-state index in [9.17, 15) is 4.79 Å². The lowest BCUT2D eigenvalue weighted by atomic mass is 9.95. The van der Waals surface area contributed by atoms with Crippen LogP contribution in [0.4, 0.5) is 0 Å². The van der Waals surface area contributed by atoms with Crippen LogP contribution in [0.2, 0.25) is 0 Å². The molecule has 0 spiro atoms. The molecule has 1 atom stereocenters. The molecular formula is C15H19N5O. The Balaban J connectivity index is 1.44. The zero-order valence-electron chi connectivity index (χ0n) is 11.8. The molecule has 1 aliphatic heterocycles. The predicted molar refractivity (Wildman–Crippen MR) is 78.5 cm³/mol. The number of aromatic nitrogens is 3. The zero-order chi connectivity index (χ0) is 14.5. The summed E-state index contributed by atoms with van der Waals surface area (Å²) < 4.78 is 0. The van der Waals surface area contributed by atoms with Crippen molar-refractivity contribution in [3.05, 3.63) is 47.5 Å². The van der Waals surface area contributed by atoms with E-state index < -0.39 is 0 Å². The van der Waals surface area contributed by atoms with Crippen LogP contribution in [0.25, 0.3) is 0 Å². The van der Waals surface area contributed by atoms with Crippen molar-refractivity contribution in [2.45, 2.75) is 31.8 Å². The molecule has 0 saturated carbocycles. The number of hydrogen-bond acceptors (Lipinski definition) is 4. The van der Waals surface area contributed by atoms with Gasteiger partial charge in [0.25, 0.3) is 0 Å². The lowest BCUT2D eigenvalue weighted by molar-refractivity contribution is -0.123. The van der Waals surface area contributed by atoms with Crippen molar-refractivity contribution in [1.29, 1.82) is 0 Å². The third-order valence-electron chi connectivity index (χ3n) is 3.75. The minimum absolute atomic E-state index is 0.0714. The van der Waals surface area contributed by atoms with Gasteiger partial charge in [0.05, 0.1) is 6.04 Å².